The smallest absolute Gasteiger partial charge is 0.258 e. The Hall–Kier alpha value is -3.02. The minimum atomic E-state index is -0.335. The van der Waals surface area contributed by atoms with Crippen molar-refractivity contribution in [1.82, 2.24) is 10.6 Å². The fourth-order valence-corrected chi connectivity index (χ4v) is 3.83. The van der Waals surface area contributed by atoms with Crippen LogP contribution in [0.1, 0.15) is 43.5 Å². The lowest BCUT2D eigenvalue weighted by Crippen LogP contribution is -2.43. The van der Waals surface area contributed by atoms with Crippen LogP contribution in [0, 0.1) is 0 Å². The maximum absolute atomic E-state index is 12.1. The van der Waals surface area contributed by atoms with Gasteiger partial charge in [0.15, 0.2) is 18.1 Å². The third-order valence-electron chi connectivity index (χ3n) is 4.93. The molecule has 0 aromatic heterocycles. The number of amides is 1. The molecule has 3 rings (SSSR count). The van der Waals surface area contributed by atoms with Gasteiger partial charge in [0.1, 0.15) is 0 Å². The van der Waals surface area contributed by atoms with Crippen molar-refractivity contribution >= 4 is 17.5 Å². The van der Waals surface area contributed by atoms with E-state index < -0.39 is 0 Å². The molecule has 0 saturated carbocycles. The van der Waals surface area contributed by atoms with E-state index in [1.54, 1.807) is 7.11 Å². The summed E-state index contributed by atoms with van der Waals surface area (Å²) in [5.74, 6) is 0.619. The summed E-state index contributed by atoms with van der Waals surface area (Å²) in [4.78, 5) is 12.1. The summed E-state index contributed by atoms with van der Waals surface area (Å²) in [5, 5.41) is 6.88. The highest BCUT2D eigenvalue weighted by molar-refractivity contribution is 6.32. The van der Waals surface area contributed by atoms with Gasteiger partial charge in [-0.15, -0.1) is 0 Å². The Labute approximate surface area is 201 Å². The fraction of sp³-hybridized carbons (Fsp3) is 0.296. The van der Waals surface area contributed by atoms with Crippen LogP contribution in [0.2, 0.25) is 5.02 Å². The maximum atomic E-state index is 12.1. The molecular weight excluding hydrogens is 436 g/mol. The molecule has 0 fully saturated rings. The summed E-state index contributed by atoms with van der Waals surface area (Å²) in [6, 6.07) is 24.3. The highest BCUT2D eigenvalue weighted by Gasteiger charge is 2.18. The van der Waals surface area contributed by atoms with Crippen LogP contribution in [0.15, 0.2) is 72.8 Å². The van der Waals surface area contributed by atoms with Gasteiger partial charge >= 0.3 is 0 Å². The molecule has 0 bridgehead atoms. The van der Waals surface area contributed by atoms with E-state index in [-0.39, 0.29) is 24.1 Å². The molecule has 6 heteroatoms. The van der Waals surface area contributed by atoms with Crippen LogP contribution in [0.3, 0.4) is 0 Å². The number of carbonyl (C=O) groups excluding carboxylic acids is 1. The molecule has 0 atom stereocenters. The number of ether oxygens (including phenoxy) is 2. The predicted octanol–water partition coefficient (Wildman–Crippen LogP) is 5.52. The van der Waals surface area contributed by atoms with Crippen LogP contribution in [0.5, 0.6) is 11.5 Å². The van der Waals surface area contributed by atoms with Crippen molar-refractivity contribution < 1.29 is 14.3 Å². The predicted molar refractivity (Wildman–Crippen MR) is 133 cm³/mol. The SMILES string of the molecule is COc1cc(CNC(c2ccccc2)c2ccccc2)cc(Cl)c1OCC(=O)NC(C)(C)C. The van der Waals surface area contributed by atoms with Crippen LogP contribution in [-0.4, -0.2) is 25.2 Å². The molecule has 0 saturated heterocycles. The highest BCUT2D eigenvalue weighted by atomic mass is 35.5. The second-order valence-electron chi connectivity index (χ2n) is 8.83. The van der Waals surface area contributed by atoms with Gasteiger partial charge in [-0.25, -0.2) is 0 Å². The number of nitrogens with one attached hydrogen (secondary N) is 2. The largest absolute Gasteiger partial charge is 0.493 e. The van der Waals surface area contributed by atoms with Crippen molar-refractivity contribution in [3.8, 4) is 11.5 Å². The number of hydrogen-bond donors (Lipinski definition) is 2. The number of halogens is 1. The van der Waals surface area contributed by atoms with E-state index in [2.05, 4.69) is 34.9 Å². The molecule has 0 aliphatic carbocycles. The molecule has 2 N–H and O–H groups in total. The lowest BCUT2D eigenvalue weighted by molar-refractivity contribution is -0.124. The van der Waals surface area contributed by atoms with E-state index in [0.29, 0.717) is 23.1 Å². The second kappa shape index (κ2) is 11.2. The van der Waals surface area contributed by atoms with Crippen molar-refractivity contribution in [1.29, 1.82) is 0 Å². The van der Waals surface area contributed by atoms with Gasteiger partial charge in [-0.3, -0.25) is 4.79 Å². The quantitative estimate of drug-likeness (QED) is 0.436. The van der Waals surface area contributed by atoms with Crippen molar-refractivity contribution in [3.63, 3.8) is 0 Å². The molecule has 1 amide bonds. The first-order valence-electron chi connectivity index (χ1n) is 10.9. The first kappa shape index (κ1) is 24.6. The Morgan fingerprint density at radius 1 is 0.970 bits per heavy atom. The molecule has 3 aromatic carbocycles. The van der Waals surface area contributed by atoms with Gasteiger partial charge in [0.25, 0.3) is 5.91 Å². The Balaban J connectivity index is 1.75. The van der Waals surface area contributed by atoms with Gasteiger partial charge in [-0.05, 0) is 49.6 Å². The van der Waals surface area contributed by atoms with Gasteiger partial charge in [-0.2, -0.15) is 0 Å². The Morgan fingerprint density at radius 2 is 1.55 bits per heavy atom. The summed E-state index contributed by atoms with van der Waals surface area (Å²) < 4.78 is 11.2. The molecule has 0 aliphatic heterocycles. The van der Waals surface area contributed by atoms with E-state index >= 15 is 0 Å². The lowest BCUT2D eigenvalue weighted by atomic mass is 9.98. The molecule has 3 aromatic rings. The number of methoxy groups -OCH3 is 1. The molecule has 33 heavy (non-hydrogen) atoms. The summed E-state index contributed by atoms with van der Waals surface area (Å²) in [5.41, 5.74) is 2.95. The fourth-order valence-electron chi connectivity index (χ4n) is 3.55. The number of hydrogen-bond acceptors (Lipinski definition) is 4. The molecular formula is C27H31ClN2O3. The zero-order valence-corrected chi connectivity index (χ0v) is 20.3. The molecule has 0 spiro atoms. The van der Waals surface area contributed by atoms with Gasteiger partial charge < -0.3 is 20.1 Å². The lowest BCUT2D eigenvalue weighted by Gasteiger charge is -2.22. The average molecular weight is 467 g/mol. The van der Waals surface area contributed by atoms with E-state index in [0.717, 1.165) is 5.56 Å². The molecule has 0 unspecified atom stereocenters. The van der Waals surface area contributed by atoms with Crippen LogP contribution in [-0.2, 0) is 11.3 Å². The molecule has 0 radical (unpaired) electrons. The maximum Gasteiger partial charge on any atom is 0.258 e. The van der Waals surface area contributed by atoms with Crippen molar-refractivity contribution in [2.24, 2.45) is 0 Å². The van der Waals surface area contributed by atoms with E-state index in [4.69, 9.17) is 21.1 Å². The standard InChI is InChI=1S/C27H31ClN2O3/c1-27(2,3)30-24(31)18-33-26-22(28)15-19(16-23(26)32-4)17-29-25(20-11-7-5-8-12-20)21-13-9-6-10-14-21/h5-16,25,29H,17-18H2,1-4H3,(H,30,31). The summed E-state index contributed by atoms with van der Waals surface area (Å²) in [6.07, 6.45) is 0. The Morgan fingerprint density at radius 3 is 2.06 bits per heavy atom. The topological polar surface area (TPSA) is 59.6 Å². The monoisotopic (exact) mass is 466 g/mol. The Kier molecular flexibility index (Phi) is 8.37. The van der Waals surface area contributed by atoms with E-state index in [1.165, 1.54) is 11.1 Å². The van der Waals surface area contributed by atoms with Crippen molar-refractivity contribution in [3.05, 3.63) is 94.5 Å². The van der Waals surface area contributed by atoms with Gasteiger partial charge in [0.2, 0.25) is 0 Å². The first-order valence-corrected chi connectivity index (χ1v) is 11.3. The van der Waals surface area contributed by atoms with Crippen LogP contribution >= 0.6 is 11.6 Å². The number of rotatable bonds is 9. The molecule has 174 valence electrons. The molecule has 0 aliphatic rings. The first-order chi connectivity index (χ1) is 15.8. The van der Waals surface area contributed by atoms with E-state index in [9.17, 15) is 4.79 Å². The number of carbonyl (C=O) groups is 1. The van der Waals surface area contributed by atoms with Crippen LogP contribution < -0.4 is 20.1 Å². The highest BCUT2D eigenvalue weighted by Crippen LogP contribution is 2.36. The van der Waals surface area contributed by atoms with Crippen LogP contribution in [0.4, 0.5) is 0 Å². The zero-order chi connectivity index (χ0) is 23.8. The zero-order valence-electron chi connectivity index (χ0n) is 19.5. The Bertz CT molecular complexity index is 1010. The van der Waals surface area contributed by atoms with Gasteiger partial charge in [0, 0.05) is 12.1 Å². The minimum Gasteiger partial charge on any atom is -0.493 e. The molecule has 0 heterocycles. The number of benzene rings is 3. The second-order valence-corrected chi connectivity index (χ2v) is 9.24. The van der Waals surface area contributed by atoms with Gasteiger partial charge in [-0.1, -0.05) is 72.3 Å². The van der Waals surface area contributed by atoms with Crippen molar-refractivity contribution in [2.45, 2.75) is 38.9 Å². The third-order valence-corrected chi connectivity index (χ3v) is 5.21. The van der Waals surface area contributed by atoms with Crippen molar-refractivity contribution in [2.75, 3.05) is 13.7 Å². The summed E-state index contributed by atoms with van der Waals surface area (Å²) in [6.45, 7) is 6.17. The minimum absolute atomic E-state index is 0.0224. The molecule has 5 nitrogen and oxygen atoms in total. The van der Waals surface area contributed by atoms with Gasteiger partial charge in [0.05, 0.1) is 18.2 Å². The normalized spacial score (nSPS) is 11.3. The average Bonchev–Trinajstić information content (AvgIpc) is 2.78. The summed E-state index contributed by atoms with van der Waals surface area (Å²) in [7, 11) is 1.56. The third kappa shape index (κ3) is 7.24. The summed E-state index contributed by atoms with van der Waals surface area (Å²) >= 11 is 6.51. The van der Waals surface area contributed by atoms with Crippen LogP contribution in [0.25, 0.3) is 0 Å². The van der Waals surface area contributed by atoms with E-state index in [1.807, 2.05) is 69.3 Å².